The van der Waals surface area contributed by atoms with Gasteiger partial charge >= 0.3 is 0 Å². The van der Waals surface area contributed by atoms with Crippen molar-refractivity contribution in [3.63, 3.8) is 0 Å². The Labute approximate surface area is 161 Å². The van der Waals surface area contributed by atoms with E-state index in [1.165, 1.54) is 10.4 Å². The van der Waals surface area contributed by atoms with Crippen LogP contribution in [0.15, 0.2) is 53.4 Å². The van der Waals surface area contributed by atoms with Crippen LogP contribution in [0.2, 0.25) is 0 Å². The summed E-state index contributed by atoms with van der Waals surface area (Å²) in [6.07, 6.45) is 0. The fraction of sp³-hybridized carbons (Fsp3) is 0.429. The van der Waals surface area contributed by atoms with Crippen molar-refractivity contribution in [2.75, 3.05) is 26.2 Å². The van der Waals surface area contributed by atoms with E-state index in [1.54, 1.807) is 24.3 Å². The van der Waals surface area contributed by atoms with E-state index in [-0.39, 0.29) is 11.2 Å². The lowest BCUT2D eigenvalue weighted by Gasteiger charge is -2.34. The summed E-state index contributed by atoms with van der Waals surface area (Å²) in [6.45, 7) is 8.82. The highest BCUT2D eigenvalue weighted by Gasteiger charge is 2.29. The Morgan fingerprint density at radius 2 is 1.52 bits per heavy atom. The summed E-state index contributed by atoms with van der Waals surface area (Å²) in [7, 11) is -3.50. The molecule has 0 aliphatic carbocycles. The molecule has 1 fully saturated rings. The van der Waals surface area contributed by atoms with Gasteiger partial charge in [0.15, 0.2) is 0 Å². The van der Waals surface area contributed by atoms with Crippen molar-refractivity contribution in [1.82, 2.24) is 9.21 Å². The van der Waals surface area contributed by atoms with Gasteiger partial charge in [-0.2, -0.15) is 4.31 Å². The third-order valence-electron chi connectivity index (χ3n) is 5.04. The zero-order valence-corrected chi connectivity index (χ0v) is 17.0. The molecule has 27 heavy (non-hydrogen) atoms. The molecule has 1 aliphatic heterocycles. The van der Waals surface area contributed by atoms with Gasteiger partial charge in [0, 0.05) is 38.3 Å². The molecule has 0 N–H and O–H groups in total. The van der Waals surface area contributed by atoms with Crippen LogP contribution < -0.4 is 0 Å². The average molecular weight is 391 g/mol. The molecule has 4 nitrogen and oxygen atoms in total. The Kier molecular flexibility index (Phi) is 5.70. The van der Waals surface area contributed by atoms with Crippen molar-refractivity contribution in [2.24, 2.45) is 0 Å². The molecule has 0 spiro atoms. The SMILES string of the molecule is CC(C)(C)c1ccc(S(=O)(=O)N2CCN(Cc3ccccc3F)CC2)cc1. The fourth-order valence-corrected chi connectivity index (χ4v) is 4.69. The Morgan fingerprint density at radius 3 is 2.07 bits per heavy atom. The molecule has 0 amide bonds. The molecule has 0 bridgehead atoms. The minimum Gasteiger partial charge on any atom is -0.296 e. The van der Waals surface area contributed by atoms with Crippen LogP contribution in [0.25, 0.3) is 0 Å². The van der Waals surface area contributed by atoms with Crippen LogP contribution in [-0.2, 0) is 22.0 Å². The molecule has 1 saturated heterocycles. The Bertz CT molecular complexity index is 881. The van der Waals surface area contributed by atoms with Crippen LogP contribution >= 0.6 is 0 Å². The van der Waals surface area contributed by atoms with Gasteiger partial charge in [0.05, 0.1) is 4.90 Å². The second kappa shape index (κ2) is 7.70. The molecule has 0 saturated carbocycles. The van der Waals surface area contributed by atoms with Gasteiger partial charge in [-0.15, -0.1) is 0 Å². The quantitative estimate of drug-likeness (QED) is 0.800. The highest BCUT2D eigenvalue weighted by atomic mass is 32.2. The van der Waals surface area contributed by atoms with Gasteiger partial charge in [0.1, 0.15) is 5.82 Å². The first-order valence-electron chi connectivity index (χ1n) is 9.24. The molecule has 2 aromatic carbocycles. The van der Waals surface area contributed by atoms with Crippen LogP contribution in [0.5, 0.6) is 0 Å². The highest BCUT2D eigenvalue weighted by Crippen LogP contribution is 2.25. The van der Waals surface area contributed by atoms with Gasteiger partial charge in [-0.25, -0.2) is 12.8 Å². The Hall–Kier alpha value is -1.76. The third-order valence-corrected chi connectivity index (χ3v) is 6.95. The summed E-state index contributed by atoms with van der Waals surface area (Å²) >= 11 is 0. The zero-order valence-electron chi connectivity index (χ0n) is 16.2. The van der Waals surface area contributed by atoms with E-state index in [4.69, 9.17) is 0 Å². The van der Waals surface area contributed by atoms with Gasteiger partial charge in [0.25, 0.3) is 0 Å². The van der Waals surface area contributed by atoms with Crippen molar-refractivity contribution in [2.45, 2.75) is 37.6 Å². The first-order valence-corrected chi connectivity index (χ1v) is 10.7. The van der Waals surface area contributed by atoms with E-state index in [9.17, 15) is 12.8 Å². The van der Waals surface area contributed by atoms with Crippen LogP contribution in [0, 0.1) is 5.82 Å². The maximum Gasteiger partial charge on any atom is 0.243 e. The smallest absolute Gasteiger partial charge is 0.243 e. The van der Waals surface area contributed by atoms with Crippen LogP contribution in [0.3, 0.4) is 0 Å². The Balaban J connectivity index is 1.65. The topological polar surface area (TPSA) is 40.6 Å². The summed E-state index contributed by atoms with van der Waals surface area (Å²) in [5, 5.41) is 0. The first-order chi connectivity index (χ1) is 12.7. The standard InChI is InChI=1S/C21H27FN2O2S/c1-21(2,3)18-8-10-19(11-9-18)27(25,26)24-14-12-23(13-15-24)16-17-6-4-5-7-20(17)22/h4-11H,12-16H2,1-3H3. The summed E-state index contributed by atoms with van der Waals surface area (Å²) in [6, 6.07) is 13.9. The predicted molar refractivity (Wildman–Crippen MR) is 106 cm³/mol. The lowest BCUT2D eigenvalue weighted by Crippen LogP contribution is -2.48. The normalized spacial score (nSPS) is 17.2. The average Bonchev–Trinajstić information content (AvgIpc) is 2.63. The molecule has 1 aliphatic rings. The number of rotatable bonds is 4. The number of sulfonamides is 1. The number of halogens is 1. The lowest BCUT2D eigenvalue weighted by molar-refractivity contribution is 0.180. The van der Waals surface area contributed by atoms with E-state index in [1.807, 2.05) is 18.2 Å². The molecule has 0 radical (unpaired) electrons. The molecule has 3 rings (SSSR count). The minimum absolute atomic E-state index is 0.0133. The number of hydrogen-bond donors (Lipinski definition) is 0. The number of piperazine rings is 1. The van der Waals surface area contributed by atoms with Gasteiger partial charge in [-0.05, 0) is 29.2 Å². The fourth-order valence-electron chi connectivity index (χ4n) is 3.27. The van der Waals surface area contributed by atoms with Crippen LogP contribution in [0.1, 0.15) is 31.9 Å². The van der Waals surface area contributed by atoms with Crippen LogP contribution in [-0.4, -0.2) is 43.8 Å². The highest BCUT2D eigenvalue weighted by molar-refractivity contribution is 7.89. The molecular formula is C21H27FN2O2S. The molecule has 2 aromatic rings. The van der Waals surface area contributed by atoms with Crippen molar-refractivity contribution >= 4 is 10.0 Å². The second-order valence-corrected chi connectivity index (χ2v) is 9.98. The van der Waals surface area contributed by atoms with Gasteiger partial charge in [-0.1, -0.05) is 51.1 Å². The number of nitrogens with zero attached hydrogens (tertiary/aromatic N) is 2. The summed E-state index contributed by atoms with van der Waals surface area (Å²) < 4.78 is 41.2. The van der Waals surface area contributed by atoms with Crippen molar-refractivity contribution in [3.8, 4) is 0 Å². The summed E-state index contributed by atoms with van der Waals surface area (Å²) in [5.41, 5.74) is 1.74. The van der Waals surface area contributed by atoms with Crippen molar-refractivity contribution in [1.29, 1.82) is 0 Å². The lowest BCUT2D eigenvalue weighted by atomic mass is 9.87. The number of benzene rings is 2. The molecule has 146 valence electrons. The molecular weight excluding hydrogens is 363 g/mol. The van der Waals surface area contributed by atoms with Gasteiger partial charge in [-0.3, -0.25) is 4.90 Å². The molecule has 0 atom stereocenters. The van der Waals surface area contributed by atoms with E-state index in [0.29, 0.717) is 43.2 Å². The van der Waals surface area contributed by atoms with E-state index in [0.717, 1.165) is 5.56 Å². The maximum atomic E-state index is 13.8. The summed E-state index contributed by atoms with van der Waals surface area (Å²) in [4.78, 5) is 2.42. The summed E-state index contributed by atoms with van der Waals surface area (Å²) in [5.74, 6) is -0.216. The maximum absolute atomic E-state index is 13.8. The zero-order chi connectivity index (χ0) is 19.7. The van der Waals surface area contributed by atoms with E-state index >= 15 is 0 Å². The minimum atomic E-state index is -3.50. The van der Waals surface area contributed by atoms with Gasteiger partial charge < -0.3 is 0 Å². The largest absolute Gasteiger partial charge is 0.296 e. The monoisotopic (exact) mass is 390 g/mol. The molecule has 0 aromatic heterocycles. The van der Waals surface area contributed by atoms with Crippen molar-refractivity contribution < 1.29 is 12.8 Å². The molecule has 6 heteroatoms. The van der Waals surface area contributed by atoms with E-state index in [2.05, 4.69) is 25.7 Å². The molecule has 1 heterocycles. The first kappa shape index (κ1) is 20.0. The second-order valence-electron chi connectivity index (χ2n) is 8.05. The van der Waals surface area contributed by atoms with Crippen LogP contribution in [0.4, 0.5) is 4.39 Å². The van der Waals surface area contributed by atoms with E-state index < -0.39 is 10.0 Å². The Morgan fingerprint density at radius 1 is 0.926 bits per heavy atom. The predicted octanol–water partition coefficient (Wildman–Crippen LogP) is 3.63. The third kappa shape index (κ3) is 4.57. The number of hydrogen-bond acceptors (Lipinski definition) is 3. The molecule has 0 unspecified atom stereocenters. The van der Waals surface area contributed by atoms with Crippen molar-refractivity contribution in [3.05, 3.63) is 65.5 Å². The van der Waals surface area contributed by atoms with Gasteiger partial charge in [0.2, 0.25) is 10.0 Å².